The number of hydrogen-bond donors (Lipinski definition) is 1. The maximum absolute atomic E-state index is 12.6. The van der Waals surface area contributed by atoms with Gasteiger partial charge in [0, 0.05) is 18.0 Å². The average molecular weight is 432 g/mol. The normalized spacial score (nSPS) is 10.7. The summed E-state index contributed by atoms with van der Waals surface area (Å²) in [6.45, 7) is 2.57. The SMILES string of the molecule is CCOC(=O)c1cnc2c(cnn2Cc2ccc(OC)cc2)c1Nc1cccc(OC)c1. The van der Waals surface area contributed by atoms with Crippen molar-refractivity contribution in [2.24, 2.45) is 0 Å². The van der Waals surface area contributed by atoms with Crippen molar-refractivity contribution in [2.45, 2.75) is 13.5 Å². The van der Waals surface area contributed by atoms with E-state index in [1.807, 2.05) is 48.5 Å². The molecule has 4 rings (SSSR count). The molecule has 0 saturated heterocycles. The topological polar surface area (TPSA) is 87.5 Å². The van der Waals surface area contributed by atoms with Gasteiger partial charge in [-0.25, -0.2) is 14.5 Å². The molecule has 164 valence electrons. The van der Waals surface area contributed by atoms with Crippen LogP contribution in [0.2, 0.25) is 0 Å². The lowest BCUT2D eigenvalue weighted by Gasteiger charge is -2.13. The minimum absolute atomic E-state index is 0.270. The highest BCUT2D eigenvalue weighted by molar-refractivity contribution is 6.05. The zero-order valence-corrected chi connectivity index (χ0v) is 18.2. The van der Waals surface area contributed by atoms with E-state index in [-0.39, 0.29) is 6.61 Å². The molecular weight excluding hydrogens is 408 g/mol. The minimum Gasteiger partial charge on any atom is -0.497 e. The number of nitrogens with one attached hydrogen (secondary N) is 1. The molecule has 0 radical (unpaired) electrons. The Bertz CT molecular complexity index is 1230. The number of methoxy groups -OCH3 is 2. The van der Waals surface area contributed by atoms with E-state index in [2.05, 4.69) is 15.4 Å². The van der Waals surface area contributed by atoms with Gasteiger partial charge in [0.2, 0.25) is 0 Å². The number of aromatic nitrogens is 3. The third-order valence-corrected chi connectivity index (χ3v) is 4.99. The van der Waals surface area contributed by atoms with Crippen LogP contribution in [0, 0.1) is 0 Å². The molecule has 0 spiro atoms. The Balaban J connectivity index is 1.75. The first-order valence-corrected chi connectivity index (χ1v) is 10.2. The van der Waals surface area contributed by atoms with Crippen molar-refractivity contribution in [3.05, 3.63) is 72.1 Å². The first-order chi connectivity index (χ1) is 15.6. The molecule has 0 aliphatic carbocycles. The predicted molar refractivity (Wildman–Crippen MR) is 122 cm³/mol. The van der Waals surface area contributed by atoms with Crippen LogP contribution in [0.25, 0.3) is 11.0 Å². The second kappa shape index (κ2) is 9.38. The van der Waals surface area contributed by atoms with Crippen LogP contribution in [0.4, 0.5) is 11.4 Å². The lowest BCUT2D eigenvalue weighted by atomic mass is 10.1. The third-order valence-electron chi connectivity index (χ3n) is 4.99. The standard InChI is InChI=1S/C24H24N4O4/c1-4-32-24(29)21-13-25-23-20(22(21)27-17-6-5-7-19(12-17)31-3)14-26-28(23)15-16-8-10-18(30-2)11-9-16/h5-14H,4,15H2,1-3H3,(H,25,27). The zero-order chi connectivity index (χ0) is 22.5. The fourth-order valence-corrected chi connectivity index (χ4v) is 3.39. The molecule has 32 heavy (non-hydrogen) atoms. The number of anilines is 2. The summed E-state index contributed by atoms with van der Waals surface area (Å²) in [6.07, 6.45) is 3.23. The number of fused-ring (bicyclic) bond motifs is 1. The molecule has 0 atom stereocenters. The number of esters is 1. The van der Waals surface area contributed by atoms with Crippen molar-refractivity contribution in [1.29, 1.82) is 0 Å². The van der Waals surface area contributed by atoms with Gasteiger partial charge in [-0.05, 0) is 36.8 Å². The molecule has 8 nitrogen and oxygen atoms in total. The Labute approximate surface area is 185 Å². The smallest absolute Gasteiger partial charge is 0.341 e. The molecule has 0 amide bonds. The van der Waals surface area contributed by atoms with Gasteiger partial charge in [0.25, 0.3) is 0 Å². The number of benzene rings is 2. The highest BCUT2D eigenvalue weighted by Gasteiger charge is 2.20. The summed E-state index contributed by atoms with van der Waals surface area (Å²) in [6, 6.07) is 15.2. The number of ether oxygens (including phenoxy) is 3. The van der Waals surface area contributed by atoms with E-state index in [0.29, 0.717) is 34.6 Å². The molecule has 0 bridgehead atoms. The highest BCUT2D eigenvalue weighted by Crippen LogP contribution is 2.31. The Hall–Kier alpha value is -4.07. The van der Waals surface area contributed by atoms with Gasteiger partial charge in [-0.15, -0.1) is 0 Å². The number of hydrogen-bond acceptors (Lipinski definition) is 7. The molecule has 1 N–H and O–H groups in total. The van der Waals surface area contributed by atoms with Gasteiger partial charge in [0.1, 0.15) is 17.1 Å². The summed E-state index contributed by atoms with van der Waals surface area (Å²) < 4.78 is 17.6. The molecule has 0 saturated carbocycles. The fraction of sp³-hybridized carbons (Fsp3) is 0.208. The van der Waals surface area contributed by atoms with Gasteiger partial charge in [0.15, 0.2) is 5.65 Å². The lowest BCUT2D eigenvalue weighted by molar-refractivity contribution is 0.0527. The molecule has 2 aromatic carbocycles. The van der Waals surface area contributed by atoms with Crippen LogP contribution in [-0.4, -0.2) is 41.6 Å². The van der Waals surface area contributed by atoms with Crippen LogP contribution < -0.4 is 14.8 Å². The van der Waals surface area contributed by atoms with Crippen LogP contribution in [0.1, 0.15) is 22.8 Å². The number of carbonyl (C=O) groups is 1. The monoisotopic (exact) mass is 432 g/mol. The molecule has 0 fully saturated rings. The van der Waals surface area contributed by atoms with Gasteiger partial charge in [0.05, 0.1) is 44.6 Å². The number of rotatable bonds is 8. The van der Waals surface area contributed by atoms with Crippen LogP contribution in [0.3, 0.4) is 0 Å². The Morgan fingerprint density at radius 3 is 2.53 bits per heavy atom. The largest absolute Gasteiger partial charge is 0.497 e. The summed E-state index contributed by atoms with van der Waals surface area (Å²) >= 11 is 0. The fourth-order valence-electron chi connectivity index (χ4n) is 3.39. The average Bonchev–Trinajstić information content (AvgIpc) is 3.23. The molecule has 0 unspecified atom stereocenters. The molecule has 8 heteroatoms. The van der Waals surface area contributed by atoms with E-state index >= 15 is 0 Å². The van der Waals surface area contributed by atoms with Gasteiger partial charge in [-0.1, -0.05) is 18.2 Å². The molecule has 0 aliphatic heterocycles. The quantitative estimate of drug-likeness (QED) is 0.413. The Morgan fingerprint density at radius 2 is 1.81 bits per heavy atom. The van der Waals surface area contributed by atoms with Crippen molar-refractivity contribution < 1.29 is 19.0 Å². The van der Waals surface area contributed by atoms with Crippen molar-refractivity contribution in [1.82, 2.24) is 14.8 Å². The van der Waals surface area contributed by atoms with Gasteiger partial charge >= 0.3 is 5.97 Å². The van der Waals surface area contributed by atoms with E-state index < -0.39 is 5.97 Å². The summed E-state index contributed by atoms with van der Waals surface area (Å²) in [5.41, 5.74) is 3.40. The molecular formula is C24H24N4O4. The highest BCUT2D eigenvalue weighted by atomic mass is 16.5. The van der Waals surface area contributed by atoms with Crippen LogP contribution >= 0.6 is 0 Å². The first-order valence-electron chi connectivity index (χ1n) is 10.2. The van der Waals surface area contributed by atoms with Crippen LogP contribution in [0.5, 0.6) is 11.5 Å². The molecule has 0 aliphatic rings. The number of nitrogens with zero attached hydrogens (tertiary/aromatic N) is 3. The predicted octanol–water partition coefficient (Wildman–Crippen LogP) is 4.42. The van der Waals surface area contributed by atoms with Gasteiger partial charge in [-0.2, -0.15) is 5.10 Å². The Morgan fingerprint density at radius 1 is 1.03 bits per heavy atom. The molecule has 4 aromatic rings. The number of pyridine rings is 1. The van der Waals surface area contributed by atoms with Gasteiger partial charge < -0.3 is 19.5 Å². The summed E-state index contributed by atoms with van der Waals surface area (Å²) in [5, 5.41) is 8.57. The zero-order valence-electron chi connectivity index (χ0n) is 18.2. The first kappa shape index (κ1) is 21.2. The van der Waals surface area contributed by atoms with Crippen molar-refractivity contribution >= 4 is 28.4 Å². The van der Waals surface area contributed by atoms with E-state index in [1.54, 1.807) is 32.0 Å². The van der Waals surface area contributed by atoms with E-state index in [0.717, 1.165) is 17.0 Å². The van der Waals surface area contributed by atoms with Crippen molar-refractivity contribution in [3.8, 4) is 11.5 Å². The summed E-state index contributed by atoms with van der Waals surface area (Å²) in [5.74, 6) is 1.05. The third kappa shape index (κ3) is 4.34. The molecule has 2 heterocycles. The molecule has 2 aromatic heterocycles. The maximum Gasteiger partial charge on any atom is 0.341 e. The second-order valence-corrected chi connectivity index (χ2v) is 7.01. The van der Waals surface area contributed by atoms with Gasteiger partial charge in [-0.3, -0.25) is 0 Å². The van der Waals surface area contributed by atoms with Crippen LogP contribution in [-0.2, 0) is 11.3 Å². The maximum atomic E-state index is 12.6. The van der Waals surface area contributed by atoms with E-state index in [1.165, 1.54) is 6.20 Å². The minimum atomic E-state index is -0.449. The second-order valence-electron chi connectivity index (χ2n) is 7.01. The number of carbonyl (C=O) groups excluding carboxylic acids is 1. The van der Waals surface area contributed by atoms with Crippen molar-refractivity contribution in [3.63, 3.8) is 0 Å². The summed E-state index contributed by atoms with van der Waals surface area (Å²) in [4.78, 5) is 17.1. The Kier molecular flexibility index (Phi) is 6.21. The van der Waals surface area contributed by atoms with Crippen molar-refractivity contribution in [2.75, 3.05) is 26.1 Å². The van der Waals surface area contributed by atoms with Crippen LogP contribution in [0.15, 0.2) is 60.9 Å². The lowest BCUT2D eigenvalue weighted by Crippen LogP contribution is -2.10. The van der Waals surface area contributed by atoms with E-state index in [4.69, 9.17) is 14.2 Å². The summed E-state index contributed by atoms with van der Waals surface area (Å²) in [7, 11) is 3.24. The van der Waals surface area contributed by atoms with E-state index in [9.17, 15) is 4.79 Å².